The van der Waals surface area contributed by atoms with Gasteiger partial charge in [0.05, 0.1) is 30.8 Å². The van der Waals surface area contributed by atoms with E-state index in [2.05, 4.69) is 53.6 Å². The smallest absolute Gasteiger partial charge is 0.274 e. The van der Waals surface area contributed by atoms with Crippen LogP contribution in [0, 0.1) is 11.8 Å². The quantitative estimate of drug-likeness (QED) is 0.559. The second-order valence-corrected chi connectivity index (χ2v) is 9.58. The number of aromatic nitrogens is 6. The third-order valence-electron chi connectivity index (χ3n) is 6.71. The van der Waals surface area contributed by atoms with E-state index in [0.717, 1.165) is 59.4 Å². The number of hydrogen-bond acceptors (Lipinski definition) is 6. The normalized spacial score (nSPS) is 23.7. The second kappa shape index (κ2) is 7.15. The molecule has 160 valence electrons. The van der Waals surface area contributed by atoms with Gasteiger partial charge in [0, 0.05) is 31.4 Å². The number of fused-ring (bicyclic) bond motifs is 2. The standard InChI is InChI=1S/C21H23BrN8O/c1-28-11-23-19-15(3-4-17(19)28)24-21(31)16-10-30(27-26-16)9-12-2-5-18(25-20(12)22)29-7-13-6-14(13)8-29/h2,5,10-11,13-15H,3-4,6-9H2,1H3,(H,24,31)/t13?,14?,15-/m1/s1. The van der Waals surface area contributed by atoms with Crippen LogP contribution in [0.5, 0.6) is 0 Å². The number of hydrogen-bond donors (Lipinski definition) is 1. The number of nitrogens with one attached hydrogen (secondary N) is 1. The summed E-state index contributed by atoms with van der Waals surface area (Å²) in [4.78, 5) is 24.2. The van der Waals surface area contributed by atoms with Crippen molar-refractivity contribution in [2.75, 3.05) is 18.0 Å². The zero-order valence-electron chi connectivity index (χ0n) is 17.2. The highest BCUT2D eigenvalue weighted by Gasteiger charge is 2.45. The number of carbonyl (C=O) groups is 1. The molecule has 0 radical (unpaired) electrons. The molecule has 1 saturated carbocycles. The van der Waals surface area contributed by atoms with E-state index in [9.17, 15) is 4.79 Å². The average Bonchev–Trinajstić information content (AvgIpc) is 3.22. The summed E-state index contributed by atoms with van der Waals surface area (Å²) in [6.45, 7) is 2.73. The summed E-state index contributed by atoms with van der Waals surface area (Å²) < 4.78 is 4.49. The molecule has 3 aromatic rings. The van der Waals surface area contributed by atoms with Crippen LogP contribution in [0.2, 0.25) is 0 Å². The highest BCUT2D eigenvalue weighted by Crippen LogP contribution is 2.46. The number of piperidine rings is 1. The van der Waals surface area contributed by atoms with Crippen LogP contribution in [0.4, 0.5) is 5.82 Å². The molecule has 2 unspecified atom stereocenters. The van der Waals surface area contributed by atoms with Crippen molar-refractivity contribution in [2.24, 2.45) is 18.9 Å². The van der Waals surface area contributed by atoms with Gasteiger partial charge in [-0.05, 0) is 53.1 Å². The van der Waals surface area contributed by atoms with E-state index in [1.54, 1.807) is 17.2 Å². The molecule has 2 fully saturated rings. The van der Waals surface area contributed by atoms with Gasteiger partial charge >= 0.3 is 0 Å². The molecule has 0 spiro atoms. The van der Waals surface area contributed by atoms with Gasteiger partial charge in [0.1, 0.15) is 10.4 Å². The maximum Gasteiger partial charge on any atom is 0.274 e. The predicted octanol–water partition coefficient (Wildman–Crippen LogP) is 2.09. The van der Waals surface area contributed by atoms with Gasteiger partial charge in [-0.15, -0.1) is 5.10 Å². The van der Waals surface area contributed by atoms with Crippen LogP contribution in [0.15, 0.2) is 29.3 Å². The number of halogens is 1. The van der Waals surface area contributed by atoms with E-state index < -0.39 is 0 Å². The number of anilines is 1. The zero-order valence-corrected chi connectivity index (χ0v) is 18.8. The van der Waals surface area contributed by atoms with Crippen molar-refractivity contribution in [1.29, 1.82) is 0 Å². The molecule has 9 nitrogen and oxygen atoms in total. The van der Waals surface area contributed by atoms with Crippen LogP contribution in [0.3, 0.4) is 0 Å². The minimum absolute atomic E-state index is 0.0728. The molecular weight excluding hydrogens is 460 g/mol. The Morgan fingerprint density at radius 1 is 1.29 bits per heavy atom. The zero-order chi connectivity index (χ0) is 21.1. The molecule has 3 aromatic heterocycles. The van der Waals surface area contributed by atoms with Crippen LogP contribution in [-0.2, 0) is 20.0 Å². The molecule has 6 rings (SSSR count). The molecule has 1 N–H and O–H groups in total. The van der Waals surface area contributed by atoms with E-state index in [4.69, 9.17) is 4.98 Å². The number of imidazole rings is 1. The average molecular weight is 483 g/mol. The maximum atomic E-state index is 12.7. The van der Waals surface area contributed by atoms with Crippen molar-refractivity contribution < 1.29 is 4.79 Å². The Labute approximate surface area is 188 Å². The van der Waals surface area contributed by atoms with Gasteiger partial charge in [0.2, 0.25) is 0 Å². The van der Waals surface area contributed by atoms with E-state index in [1.807, 2.05) is 11.6 Å². The molecule has 0 bridgehead atoms. The van der Waals surface area contributed by atoms with Crippen LogP contribution >= 0.6 is 15.9 Å². The van der Waals surface area contributed by atoms with Crippen LogP contribution in [0.25, 0.3) is 0 Å². The number of pyridine rings is 1. The first-order valence-electron chi connectivity index (χ1n) is 10.7. The van der Waals surface area contributed by atoms with Crippen LogP contribution < -0.4 is 10.2 Å². The molecule has 3 aliphatic rings. The second-order valence-electron chi connectivity index (χ2n) is 8.83. The van der Waals surface area contributed by atoms with E-state index in [0.29, 0.717) is 12.2 Å². The molecule has 31 heavy (non-hydrogen) atoms. The predicted molar refractivity (Wildman–Crippen MR) is 117 cm³/mol. The van der Waals surface area contributed by atoms with E-state index in [1.165, 1.54) is 12.1 Å². The Hall–Kier alpha value is -2.75. The first-order chi connectivity index (χ1) is 15.0. The number of carbonyl (C=O) groups excluding carboxylic acids is 1. The van der Waals surface area contributed by atoms with Crippen molar-refractivity contribution in [2.45, 2.75) is 31.8 Å². The lowest BCUT2D eigenvalue weighted by atomic mass is 10.2. The van der Waals surface area contributed by atoms with Gasteiger partial charge in [-0.2, -0.15) is 0 Å². The molecule has 4 heterocycles. The van der Waals surface area contributed by atoms with Crippen molar-refractivity contribution >= 4 is 27.7 Å². The fourth-order valence-corrected chi connectivity index (χ4v) is 5.29. The van der Waals surface area contributed by atoms with Gasteiger partial charge in [-0.3, -0.25) is 4.79 Å². The lowest BCUT2D eigenvalue weighted by molar-refractivity contribution is 0.0931. The highest BCUT2D eigenvalue weighted by atomic mass is 79.9. The maximum absolute atomic E-state index is 12.7. The number of rotatable bonds is 5. The highest BCUT2D eigenvalue weighted by molar-refractivity contribution is 9.10. The summed E-state index contributed by atoms with van der Waals surface area (Å²) in [6.07, 6.45) is 6.62. The van der Waals surface area contributed by atoms with Crippen LogP contribution in [0.1, 0.15) is 46.3 Å². The Kier molecular flexibility index (Phi) is 4.38. The number of nitrogens with zero attached hydrogens (tertiary/aromatic N) is 7. The molecule has 1 amide bonds. The largest absolute Gasteiger partial charge is 0.356 e. The Balaban J connectivity index is 1.12. The molecule has 2 aliphatic carbocycles. The third kappa shape index (κ3) is 3.42. The van der Waals surface area contributed by atoms with Crippen molar-refractivity contribution in [3.63, 3.8) is 0 Å². The van der Waals surface area contributed by atoms with Gasteiger partial charge in [0.15, 0.2) is 5.69 Å². The first-order valence-corrected chi connectivity index (χ1v) is 11.5. The van der Waals surface area contributed by atoms with Crippen molar-refractivity contribution in [3.8, 4) is 0 Å². The van der Waals surface area contributed by atoms with Gasteiger partial charge in [-0.25, -0.2) is 14.6 Å². The van der Waals surface area contributed by atoms with Gasteiger partial charge < -0.3 is 14.8 Å². The lowest BCUT2D eigenvalue weighted by Crippen LogP contribution is -2.27. The number of aryl methyl sites for hydroxylation is 1. The molecular formula is C21H23BrN8O. The molecule has 1 saturated heterocycles. The molecule has 1 aliphatic heterocycles. The third-order valence-corrected chi connectivity index (χ3v) is 7.40. The fourth-order valence-electron chi connectivity index (χ4n) is 4.85. The minimum atomic E-state index is -0.227. The lowest BCUT2D eigenvalue weighted by Gasteiger charge is -2.19. The topological polar surface area (TPSA) is 93.8 Å². The SMILES string of the molecule is Cn1cnc2c1CC[C@H]2NC(=O)c1cn(Cc2ccc(N3CC4CC4C3)nc2Br)nn1. The number of amides is 1. The van der Waals surface area contributed by atoms with Crippen molar-refractivity contribution in [1.82, 2.24) is 34.8 Å². The Morgan fingerprint density at radius 3 is 2.94 bits per heavy atom. The van der Waals surface area contributed by atoms with E-state index >= 15 is 0 Å². The van der Waals surface area contributed by atoms with E-state index in [-0.39, 0.29) is 11.9 Å². The minimum Gasteiger partial charge on any atom is -0.356 e. The van der Waals surface area contributed by atoms with Crippen LogP contribution in [-0.4, -0.2) is 48.5 Å². The molecule has 3 atom stereocenters. The summed E-state index contributed by atoms with van der Waals surface area (Å²) in [5.74, 6) is 2.53. The summed E-state index contributed by atoms with van der Waals surface area (Å²) in [7, 11) is 1.98. The van der Waals surface area contributed by atoms with Gasteiger partial charge in [-0.1, -0.05) is 11.3 Å². The molecule has 0 aromatic carbocycles. The first kappa shape index (κ1) is 19.0. The molecule has 10 heteroatoms. The summed E-state index contributed by atoms with van der Waals surface area (Å²) in [6, 6.07) is 4.06. The summed E-state index contributed by atoms with van der Waals surface area (Å²) in [5.41, 5.74) is 3.44. The summed E-state index contributed by atoms with van der Waals surface area (Å²) >= 11 is 3.60. The fraction of sp³-hybridized carbons (Fsp3) is 0.476. The Morgan fingerprint density at radius 2 is 2.13 bits per heavy atom. The summed E-state index contributed by atoms with van der Waals surface area (Å²) in [5, 5.41) is 11.3. The Bertz CT molecular complexity index is 1160. The van der Waals surface area contributed by atoms with Gasteiger partial charge in [0.25, 0.3) is 5.91 Å². The monoisotopic (exact) mass is 482 g/mol. The van der Waals surface area contributed by atoms with Crippen molar-refractivity contribution in [3.05, 3.63) is 51.9 Å².